The second kappa shape index (κ2) is 4.93. The van der Waals surface area contributed by atoms with E-state index in [2.05, 4.69) is 4.98 Å². The molecule has 19 heavy (non-hydrogen) atoms. The molecule has 3 nitrogen and oxygen atoms in total. The molecule has 1 N–H and O–H groups in total. The van der Waals surface area contributed by atoms with Gasteiger partial charge in [0.15, 0.2) is 0 Å². The minimum Gasteiger partial charge on any atom is -0.481 e. The lowest BCUT2D eigenvalue weighted by atomic mass is 9.76. The van der Waals surface area contributed by atoms with Gasteiger partial charge in [-0.1, -0.05) is 26.0 Å². The first-order chi connectivity index (χ1) is 8.84. The summed E-state index contributed by atoms with van der Waals surface area (Å²) in [6, 6.07) is 6.08. The number of hydrogen-bond donors (Lipinski definition) is 1. The molecule has 0 amide bonds. The molecule has 102 valence electrons. The molecule has 1 aromatic heterocycles. The van der Waals surface area contributed by atoms with Crippen LogP contribution in [-0.2, 0) is 11.2 Å². The highest BCUT2D eigenvalue weighted by atomic mass is 32.1. The van der Waals surface area contributed by atoms with E-state index in [0.717, 1.165) is 20.8 Å². The van der Waals surface area contributed by atoms with Crippen molar-refractivity contribution in [1.29, 1.82) is 0 Å². The number of nitrogens with zero attached hydrogens (tertiary/aromatic N) is 1. The third-order valence-corrected chi connectivity index (χ3v) is 4.97. The first-order valence-corrected chi connectivity index (χ1v) is 7.24. The number of carboxylic acids is 1. The Bertz CT molecular complexity index is 618. The number of rotatable bonds is 4. The van der Waals surface area contributed by atoms with Gasteiger partial charge in [-0.2, -0.15) is 0 Å². The predicted molar refractivity (Wildman–Crippen MR) is 78.6 cm³/mol. The van der Waals surface area contributed by atoms with Crippen LogP contribution in [0.2, 0.25) is 0 Å². The normalized spacial score (nSPS) is 14.8. The van der Waals surface area contributed by atoms with Crippen molar-refractivity contribution in [2.75, 3.05) is 0 Å². The Balaban J connectivity index is 2.40. The van der Waals surface area contributed by atoms with Crippen molar-refractivity contribution in [3.05, 3.63) is 28.8 Å². The number of para-hydroxylation sites is 1. The van der Waals surface area contributed by atoms with Crippen LogP contribution in [0.15, 0.2) is 18.2 Å². The number of aryl methyl sites for hydroxylation is 1. The first-order valence-electron chi connectivity index (χ1n) is 6.43. The Morgan fingerprint density at radius 3 is 2.68 bits per heavy atom. The van der Waals surface area contributed by atoms with Crippen molar-refractivity contribution in [2.45, 2.75) is 34.1 Å². The van der Waals surface area contributed by atoms with Gasteiger partial charge >= 0.3 is 5.97 Å². The highest BCUT2D eigenvalue weighted by molar-refractivity contribution is 7.18. The average Bonchev–Trinajstić information content (AvgIpc) is 2.72. The molecule has 2 aromatic rings. The maximum Gasteiger partial charge on any atom is 0.310 e. The summed E-state index contributed by atoms with van der Waals surface area (Å²) in [6.07, 6.45) is 0.485. The maximum absolute atomic E-state index is 11.5. The number of thiazole rings is 1. The maximum atomic E-state index is 11.5. The molecule has 1 atom stereocenters. The molecule has 0 aliphatic rings. The molecule has 0 fully saturated rings. The number of fused-ring (bicyclic) bond motifs is 1. The van der Waals surface area contributed by atoms with Gasteiger partial charge in [0.2, 0.25) is 0 Å². The van der Waals surface area contributed by atoms with Crippen LogP contribution in [0.25, 0.3) is 10.2 Å². The Hall–Kier alpha value is -1.42. The molecular weight excluding hydrogens is 258 g/mol. The second-order valence-electron chi connectivity index (χ2n) is 5.58. The van der Waals surface area contributed by atoms with Crippen LogP contribution in [0.4, 0.5) is 0 Å². The summed E-state index contributed by atoms with van der Waals surface area (Å²) >= 11 is 1.60. The largest absolute Gasteiger partial charge is 0.481 e. The summed E-state index contributed by atoms with van der Waals surface area (Å²) in [7, 11) is 0. The average molecular weight is 277 g/mol. The van der Waals surface area contributed by atoms with Crippen LogP contribution in [0.3, 0.4) is 0 Å². The SMILES string of the molecule is Cc1cccc2sc(CC(C)(C(=O)O)C(C)C)nc12. The zero-order valence-corrected chi connectivity index (χ0v) is 12.5. The molecule has 0 spiro atoms. The minimum atomic E-state index is -0.762. The van der Waals surface area contributed by atoms with Crippen molar-refractivity contribution < 1.29 is 9.90 Å². The quantitative estimate of drug-likeness (QED) is 0.922. The van der Waals surface area contributed by atoms with Gasteiger partial charge in [0, 0.05) is 6.42 Å². The molecule has 2 rings (SSSR count). The molecule has 0 bridgehead atoms. The zero-order chi connectivity index (χ0) is 14.2. The Labute approximate surface area is 117 Å². The molecule has 4 heteroatoms. The van der Waals surface area contributed by atoms with Crippen molar-refractivity contribution in [2.24, 2.45) is 11.3 Å². The number of carbonyl (C=O) groups is 1. The number of aliphatic carboxylic acids is 1. The minimum absolute atomic E-state index is 0.0677. The van der Waals surface area contributed by atoms with Crippen LogP contribution in [0, 0.1) is 18.3 Å². The first kappa shape index (κ1) is 14.0. The van der Waals surface area contributed by atoms with Gasteiger partial charge in [-0.15, -0.1) is 11.3 Å². The molecule has 1 unspecified atom stereocenters. The standard InChI is InChI=1S/C15H19NO2S/c1-9(2)15(4,14(17)18)8-12-16-13-10(3)6-5-7-11(13)19-12/h5-7,9H,8H2,1-4H3,(H,17,18). The molecule has 0 aliphatic carbocycles. The third kappa shape index (κ3) is 2.50. The van der Waals surface area contributed by atoms with E-state index in [1.807, 2.05) is 39.0 Å². The highest BCUT2D eigenvalue weighted by Crippen LogP contribution is 2.35. The van der Waals surface area contributed by atoms with Crippen LogP contribution in [-0.4, -0.2) is 16.1 Å². The van der Waals surface area contributed by atoms with Crippen LogP contribution >= 0.6 is 11.3 Å². The predicted octanol–water partition coefficient (Wildman–Crippen LogP) is 3.89. The number of aromatic nitrogens is 1. The summed E-state index contributed by atoms with van der Waals surface area (Å²) in [4.78, 5) is 16.1. The number of carboxylic acid groups (broad SMARTS) is 1. The summed E-state index contributed by atoms with van der Waals surface area (Å²) < 4.78 is 1.13. The molecule has 0 aliphatic heterocycles. The second-order valence-corrected chi connectivity index (χ2v) is 6.70. The van der Waals surface area contributed by atoms with Crippen molar-refractivity contribution >= 4 is 27.5 Å². The summed E-state index contributed by atoms with van der Waals surface area (Å²) in [5, 5.41) is 10.4. The van der Waals surface area contributed by atoms with Gasteiger partial charge in [-0.05, 0) is 31.4 Å². The van der Waals surface area contributed by atoms with Gasteiger partial charge in [0.05, 0.1) is 20.6 Å². The fourth-order valence-electron chi connectivity index (χ4n) is 2.05. The van der Waals surface area contributed by atoms with Gasteiger partial charge < -0.3 is 5.11 Å². The Kier molecular flexibility index (Phi) is 3.63. The molecule has 0 saturated carbocycles. The van der Waals surface area contributed by atoms with Crippen molar-refractivity contribution in [3.8, 4) is 0 Å². The summed E-state index contributed by atoms with van der Waals surface area (Å²) in [5.74, 6) is -0.684. The van der Waals surface area contributed by atoms with Crippen LogP contribution < -0.4 is 0 Å². The lowest BCUT2D eigenvalue weighted by Gasteiger charge is -2.27. The lowest BCUT2D eigenvalue weighted by Crippen LogP contribution is -2.35. The molecule has 1 heterocycles. The van der Waals surface area contributed by atoms with Gasteiger partial charge in [-0.25, -0.2) is 4.98 Å². The molecule has 1 aromatic carbocycles. The highest BCUT2D eigenvalue weighted by Gasteiger charge is 2.37. The zero-order valence-electron chi connectivity index (χ0n) is 11.7. The molecule has 0 saturated heterocycles. The van der Waals surface area contributed by atoms with E-state index in [1.54, 1.807) is 18.3 Å². The number of benzene rings is 1. The fraction of sp³-hybridized carbons (Fsp3) is 0.467. The van der Waals surface area contributed by atoms with E-state index in [9.17, 15) is 9.90 Å². The van der Waals surface area contributed by atoms with Gasteiger partial charge in [-0.3, -0.25) is 4.79 Å². The fourth-order valence-corrected chi connectivity index (χ4v) is 3.26. The number of hydrogen-bond acceptors (Lipinski definition) is 3. The topological polar surface area (TPSA) is 50.2 Å². The van der Waals surface area contributed by atoms with E-state index in [1.165, 1.54) is 0 Å². The Morgan fingerprint density at radius 1 is 1.47 bits per heavy atom. The van der Waals surface area contributed by atoms with Crippen LogP contribution in [0.1, 0.15) is 31.3 Å². The van der Waals surface area contributed by atoms with E-state index < -0.39 is 11.4 Å². The Morgan fingerprint density at radius 2 is 2.16 bits per heavy atom. The van der Waals surface area contributed by atoms with E-state index in [0.29, 0.717) is 6.42 Å². The lowest BCUT2D eigenvalue weighted by molar-refractivity contribution is -0.150. The summed E-state index contributed by atoms with van der Waals surface area (Å²) in [6.45, 7) is 7.74. The molecular formula is C15H19NO2S. The van der Waals surface area contributed by atoms with Crippen molar-refractivity contribution in [1.82, 2.24) is 4.98 Å². The van der Waals surface area contributed by atoms with Crippen molar-refractivity contribution in [3.63, 3.8) is 0 Å². The smallest absolute Gasteiger partial charge is 0.310 e. The van der Waals surface area contributed by atoms with E-state index >= 15 is 0 Å². The third-order valence-electron chi connectivity index (χ3n) is 3.95. The van der Waals surface area contributed by atoms with E-state index in [-0.39, 0.29) is 5.92 Å². The molecule has 0 radical (unpaired) electrons. The van der Waals surface area contributed by atoms with Gasteiger partial charge in [0.1, 0.15) is 0 Å². The van der Waals surface area contributed by atoms with Gasteiger partial charge in [0.25, 0.3) is 0 Å². The van der Waals surface area contributed by atoms with Crippen LogP contribution in [0.5, 0.6) is 0 Å². The summed E-state index contributed by atoms with van der Waals surface area (Å²) in [5.41, 5.74) is 1.38. The monoisotopic (exact) mass is 277 g/mol. The van der Waals surface area contributed by atoms with E-state index in [4.69, 9.17) is 0 Å².